The van der Waals surface area contributed by atoms with Crippen molar-refractivity contribution >= 4 is 46.0 Å². The molecule has 8 nitrogen and oxygen atoms in total. The first-order valence-electron chi connectivity index (χ1n) is 13.3. The molecular weight excluding hydrogens is 553 g/mol. The van der Waals surface area contributed by atoms with E-state index in [4.69, 9.17) is 0 Å². The number of amidine groups is 1. The summed E-state index contributed by atoms with van der Waals surface area (Å²) in [6.07, 6.45) is 1.84. The van der Waals surface area contributed by atoms with Gasteiger partial charge in [-0.15, -0.1) is 0 Å². The minimum absolute atomic E-state index is 0.174. The molecule has 0 saturated carbocycles. The number of benzene rings is 3. The summed E-state index contributed by atoms with van der Waals surface area (Å²) in [6.45, 7) is 1.84. The number of thioether (sulfide) groups is 1. The molecule has 0 bridgehead atoms. The number of nitrogens with zero attached hydrogens (tertiary/aromatic N) is 3. The molecule has 0 radical (unpaired) electrons. The standard InChI is InChI=1S/C32H28FN5O3S/c1-21(35-28(39)18-22-8-3-2-4-9-22)30(40)36-25-15-13-23(14-16-25)29-31(41)38(20-27-11-5-6-17-34-27)32(42-29)37-26-12-7-10-24(33)19-26/h2-17,19,21,29H,18,20H2,1H3,(H,35,39)(H,36,40)/b37-32-/t21-,29?/m0/s1. The van der Waals surface area contributed by atoms with Gasteiger partial charge < -0.3 is 10.6 Å². The zero-order valence-corrected chi connectivity index (χ0v) is 23.6. The highest BCUT2D eigenvalue weighted by atomic mass is 32.2. The van der Waals surface area contributed by atoms with Crippen molar-refractivity contribution in [3.63, 3.8) is 0 Å². The number of amides is 3. The lowest BCUT2D eigenvalue weighted by Crippen LogP contribution is -2.42. The highest BCUT2D eigenvalue weighted by Crippen LogP contribution is 2.41. The minimum Gasteiger partial charge on any atom is -0.344 e. The van der Waals surface area contributed by atoms with E-state index >= 15 is 0 Å². The SMILES string of the molecule is C[C@H](NC(=O)Cc1ccccc1)C(=O)Nc1ccc(C2S/C(=N\c3cccc(F)c3)N(Cc3ccccn3)C2=O)cc1. The number of hydrogen-bond donors (Lipinski definition) is 2. The molecule has 1 saturated heterocycles. The molecule has 1 unspecified atom stereocenters. The summed E-state index contributed by atoms with van der Waals surface area (Å²) < 4.78 is 13.8. The van der Waals surface area contributed by atoms with E-state index in [9.17, 15) is 18.8 Å². The molecule has 1 aliphatic rings. The number of nitrogens with one attached hydrogen (secondary N) is 2. The van der Waals surface area contributed by atoms with E-state index in [1.807, 2.05) is 42.5 Å². The van der Waals surface area contributed by atoms with Crippen molar-refractivity contribution < 1.29 is 18.8 Å². The van der Waals surface area contributed by atoms with Crippen molar-refractivity contribution in [2.45, 2.75) is 31.2 Å². The summed E-state index contributed by atoms with van der Waals surface area (Å²) in [5.41, 5.74) is 3.22. The predicted molar refractivity (Wildman–Crippen MR) is 161 cm³/mol. The van der Waals surface area contributed by atoms with E-state index in [0.717, 1.165) is 11.1 Å². The molecule has 2 atom stereocenters. The lowest BCUT2D eigenvalue weighted by Gasteiger charge is -2.16. The Balaban J connectivity index is 1.26. The van der Waals surface area contributed by atoms with E-state index in [-0.39, 0.29) is 30.7 Å². The van der Waals surface area contributed by atoms with Gasteiger partial charge >= 0.3 is 0 Å². The Morgan fingerprint density at radius 3 is 2.48 bits per heavy atom. The fourth-order valence-electron chi connectivity index (χ4n) is 4.34. The lowest BCUT2D eigenvalue weighted by molar-refractivity contribution is -0.126. The van der Waals surface area contributed by atoms with Gasteiger partial charge in [0, 0.05) is 11.9 Å². The Labute approximate surface area is 247 Å². The molecule has 4 aromatic rings. The molecule has 0 spiro atoms. The van der Waals surface area contributed by atoms with E-state index in [2.05, 4.69) is 20.6 Å². The molecule has 10 heteroatoms. The second-order valence-corrected chi connectivity index (χ2v) is 10.8. The zero-order valence-electron chi connectivity index (χ0n) is 22.7. The molecule has 1 aromatic heterocycles. The molecule has 212 valence electrons. The van der Waals surface area contributed by atoms with Crippen molar-refractivity contribution in [3.05, 3.63) is 126 Å². The maximum atomic E-state index is 13.8. The van der Waals surface area contributed by atoms with Gasteiger partial charge in [-0.2, -0.15) is 0 Å². The van der Waals surface area contributed by atoms with Crippen LogP contribution in [0.1, 0.15) is 29.0 Å². The molecule has 1 aliphatic heterocycles. The first kappa shape index (κ1) is 28.7. The summed E-state index contributed by atoms with van der Waals surface area (Å²) in [6, 6.07) is 26.9. The van der Waals surface area contributed by atoms with E-state index in [1.165, 1.54) is 23.9 Å². The van der Waals surface area contributed by atoms with Gasteiger partial charge in [0.25, 0.3) is 0 Å². The van der Waals surface area contributed by atoms with Crippen LogP contribution in [0, 0.1) is 5.82 Å². The topological polar surface area (TPSA) is 104 Å². The zero-order chi connectivity index (χ0) is 29.5. The van der Waals surface area contributed by atoms with E-state index in [1.54, 1.807) is 60.5 Å². The number of aliphatic imine (C=N–C) groups is 1. The van der Waals surface area contributed by atoms with Crippen LogP contribution in [0.25, 0.3) is 0 Å². The average Bonchev–Trinajstić information content (AvgIpc) is 3.28. The van der Waals surface area contributed by atoms with Crippen molar-refractivity contribution in [3.8, 4) is 0 Å². The normalized spacial score (nSPS) is 16.3. The van der Waals surface area contributed by atoms with Crippen molar-refractivity contribution in [2.24, 2.45) is 4.99 Å². The van der Waals surface area contributed by atoms with Gasteiger partial charge in [0.1, 0.15) is 17.1 Å². The summed E-state index contributed by atoms with van der Waals surface area (Å²) >= 11 is 1.27. The number of hydrogen-bond acceptors (Lipinski definition) is 6. The smallest absolute Gasteiger partial charge is 0.247 e. The molecule has 3 aromatic carbocycles. The van der Waals surface area contributed by atoms with Crippen molar-refractivity contribution in [1.82, 2.24) is 15.2 Å². The second kappa shape index (κ2) is 13.2. The Hall–Kier alpha value is -4.83. The van der Waals surface area contributed by atoms with Crippen LogP contribution in [-0.4, -0.2) is 38.8 Å². The number of anilines is 1. The summed E-state index contributed by atoms with van der Waals surface area (Å²) in [5, 5.41) is 5.38. The van der Waals surface area contributed by atoms with E-state index < -0.39 is 17.1 Å². The number of halogens is 1. The highest BCUT2D eigenvalue weighted by Gasteiger charge is 2.39. The third-order valence-electron chi connectivity index (χ3n) is 6.48. The first-order chi connectivity index (χ1) is 20.4. The molecule has 2 heterocycles. The molecule has 3 amide bonds. The van der Waals surface area contributed by atoms with Gasteiger partial charge in [-0.05, 0) is 60.5 Å². The fourth-order valence-corrected chi connectivity index (χ4v) is 5.51. The van der Waals surface area contributed by atoms with Gasteiger partial charge in [0.15, 0.2) is 5.17 Å². The van der Waals surface area contributed by atoms with Gasteiger partial charge in [-0.1, -0.05) is 66.4 Å². The average molecular weight is 582 g/mol. The quantitative estimate of drug-likeness (QED) is 0.275. The Morgan fingerprint density at radius 2 is 1.76 bits per heavy atom. The van der Waals surface area contributed by atoms with E-state index in [0.29, 0.717) is 22.2 Å². The number of carbonyl (C=O) groups excluding carboxylic acids is 3. The maximum absolute atomic E-state index is 13.8. The third kappa shape index (κ3) is 7.27. The summed E-state index contributed by atoms with van der Waals surface area (Å²) in [5.74, 6) is -1.20. The fraction of sp³-hybridized carbons (Fsp3) is 0.156. The van der Waals surface area contributed by atoms with Gasteiger partial charge in [-0.25, -0.2) is 9.38 Å². The Bertz CT molecular complexity index is 1600. The van der Waals surface area contributed by atoms with Crippen LogP contribution >= 0.6 is 11.8 Å². The van der Waals surface area contributed by atoms with Crippen molar-refractivity contribution in [1.29, 1.82) is 0 Å². The largest absolute Gasteiger partial charge is 0.344 e. The van der Waals surface area contributed by atoms with Crippen LogP contribution in [0.4, 0.5) is 15.8 Å². The molecule has 5 rings (SSSR count). The Kier molecular flexibility index (Phi) is 9.03. The number of pyridine rings is 1. The lowest BCUT2D eigenvalue weighted by atomic mass is 10.1. The van der Waals surface area contributed by atoms with Crippen LogP contribution in [0.5, 0.6) is 0 Å². The molecule has 2 N–H and O–H groups in total. The maximum Gasteiger partial charge on any atom is 0.247 e. The summed E-state index contributed by atoms with van der Waals surface area (Å²) in [4.78, 5) is 49.1. The Morgan fingerprint density at radius 1 is 1.00 bits per heavy atom. The monoisotopic (exact) mass is 581 g/mol. The molecule has 0 aliphatic carbocycles. The number of carbonyl (C=O) groups is 3. The van der Waals surface area contributed by atoms with Gasteiger partial charge in [0.05, 0.1) is 24.3 Å². The predicted octanol–water partition coefficient (Wildman–Crippen LogP) is 5.41. The molecule has 42 heavy (non-hydrogen) atoms. The van der Waals surface area contributed by atoms with Crippen LogP contribution in [0.15, 0.2) is 108 Å². The molecular formula is C32H28FN5O3S. The summed E-state index contributed by atoms with van der Waals surface area (Å²) in [7, 11) is 0. The molecule has 1 fully saturated rings. The third-order valence-corrected chi connectivity index (χ3v) is 7.71. The van der Waals surface area contributed by atoms with Crippen LogP contribution in [0.2, 0.25) is 0 Å². The first-order valence-corrected chi connectivity index (χ1v) is 14.2. The second-order valence-electron chi connectivity index (χ2n) is 9.68. The van der Waals surface area contributed by atoms with Crippen LogP contribution < -0.4 is 10.6 Å². The number of rotatable bonds is 9. The van der Waals surface area contributed by atoms with Crippen molar-refractivity contribution in [2.75, 3.05) is 5.32 Å². The van der Waals surface area contributed by atoms with Gasteiger partial charge in [0.2, 0.25) is 17.7 Å². The highest BCUT2D eigenvalue weighted by molar-refractivity contribution is 8.15. The van der Waals surface area contributed by atoms with Crippen LogP contribution in [-0.2, 0) is 27.3 Å². The van der Waals surface area contributed by atoms with Gasteiger partial charge in [-0.3, -0.25) is 24.3 Å². The van der Waals surface area contributed by atoms with Crippen LogP contribution in [0.3, 0.4) is 0 Å². The number of aromatic nitrogens is 1. The minimum atomic E-state index is -0.741.